The van der Waals surface area contributed by atoms with Gasteiger partial charge in [-0.2, -0.15) is 5.10 Å². The van der Waals surface area contributed by atoms with E-state index in [1.54, 1.807) is 10.7 Å². The summed E-state index contributed by atoms with van der Waals surface area (Å²) in [5.74, 6) is 0.187. The summed E-state index contributed by atoms with van der Waals surface area (Å²) in [4.78, 5) is 27.6. The van der Waals surface area contributed by atoms with Crippen LogP contribution in [0.4, 0.5) is 16.3 Å². The van der Waals surface area contributed by atoms with Gasteiger partial charge >= 0.3 is 6.03 Å². The molecular formula is C27H34ClN5O2. The van der Waals surface area contributed by atoms with Crippen molar-refractivity contribution >= 4 is 35.0 Å². The van der Waals surface area contributed by atoms with Crippen LogP contribution in [0.2, 0.25) is 5.02 Å². The first-order chi connectivity index (χ1) is 16.6. The molecule has 0 saturated carbocycles. The van der Waals surface area contributed by atoms with E-state index in [9.17, 15) is 9.59 Å². The summed E-state index contributed by atoms with van der Waals surface area (Å²) in [6.07, 6.45) is 1.52. The Labute approximate surface area is 212 Å². The molecule has 2 N–H and O–H groups in total. The van der Waals surface area contributed by atoms with E-state index in [1.165, 1.54) is 4.90 Å². The summed E-state index contributed by atoms with van der Waals surface area (Å²) in [6.45, 7) is 10.5. The Morgan fingerprint density at radius 3 is 2.37 bits per heavy atom. The second-order valence-corrected chi connectivity index (χ2v) is 9.85. The summed E-state index contributed by atoms with van der Waals surface area (Å²) < 4.78 is 1.64. The molecule has 0 aliphatic heterocycles. The quantitative estimate of drug-likeness (QED) is 0.386. The number of hydrogen-bond acceptors (Lipinski definition) is 3. The Kier molecular flexibility index (Phi) is 8.57. The number of nitrogens with one attached hydrogen (secondary N) is 2. The molecule has 2 aromatic carbocycles. The maximum absolute atomic E-state index is 13.1. The molecule has 0 fully saturated rings. The van der Waals surface area contributed by atoms with E-state index in [-0.39, 0.29) is 23.9 Å². The summed E-state index contributed by atoms with van der Waals surface area (Å²) >= 11 is 6.42. The van der Waals surface area contributed by atoms with Crippen LogP contribution in [0.15, 0.2) is 54.6 Å². The Balaban J connectivity index is 1.82. The highest BCUT2D eigenvalue weighted by Crippen LogP contribution is 2.29. The van der Waals surface area contributed by atoms with Crippen LogP contribution in [-0.2, 0) is 16.6 Å². The van der Waals surface area contributed by atoms with Gasteiger partial charge in [0.05, 0.1) is 16.4 Å². The number of aromatic nitrogens is 2. The minimum atomic E-state index is -0.314. The minimum Gasteiger partial charge on any atom is -0.315 e. The number of nitrogens with zero attached hydrogens (tertiary/aromatic N) is 3. The molecule has 0 aliphatic rings. The van der Waals surface area contributed by atoms with Crippen molar-refractivity contribution in [2.75, 3.05) is 23.7 Å². The number of carbonyl (C=O) groups is 2. The summed E-state index contributed by atoms with van der Waals surface area (Å²) in [5, 5.41) is 11.1. The lowest BCUT2D eigenvalue weighted by Gasteiger charge is -2.23. The molecule has 35 heavy (non-hydrogen) atoms. The number of urea groups is 1. The number of amides is 3. The van der Waals surface area contributed by atoms with Gasteiger partial charge in [0.2, 0.25) is 5.91 Å². The molecule has 7 nitrogen and oxygen atoms in total. The van der Waals surface area contributed by atoms with E-state index in [0.717, 1.165) is 29.8 Å². The second kappa shape index (κ2) is 11.4. The highest BCUT2D eigenvalue weighted by atomic mass is 35.5. The fourth-order valence-corrected chi connectivity index (χ4v) is 3.88. The first kappa shape index (κ1) is 26.3. The number of para-hydroxylation sites is 2. The number of halogens is 1. The first-order valence-electron chi connectivity index (χ1n) is 11.9. The number of carbonyl (C=O) groups excluding carboxylic acids is 2. The van der Waals surface area contributed by atoms with Crippen molar-refractivity contribution in [1.82, 2.24) is 14.7 Å². The van der Waals surface area contributed by atoms with Crippen molar-refractivity contribution < 1.29 is 9.59 Å². The van der Waals surface area contributed by atoms with E-state index in [4.69, 9.17) is 16.7 Å². The van der Waals surface area contributed by atoms with E-state index in [2.05, 4.69) is 31.4 Å². The van der Waals surface area contributed by atoms with Crippen LogP contribution in [-0.4, -0.2) is 39.7 Å². The van der Waals surface area contributed by atoms with Crippen molar-refractivity contribution in [2.45, 2.75) is 52.9 Å². The highest BCUT2D eigenvalue weighted by Gasteiger charge is 2.24. The third kappa shape index (κ3) is 6.63. The highest BCUT2D eigenvalue weighted by molar-refractivity contribution is 6.32. The maximum Gasteiger partial charge on any atom is 0.322 e. The van der Waals surface area contributed by atoms with Gasteiger partial charge in [0.25, 0.3) is 0 Å². The zero-order valence-corrected chi connectivity index (χ0v) is 21.8. The van der Waals surface area contributed by atoms with E-state index in [0.29, 0.717) is 23.1 Å². The predicted octanol–water partition coefficient (Wildman–Crippen LogP) is 6.27. The number of aryl methyl sites for hydroxylation is 1. The fraction of sp³-hybridized carbons (Fsp3) is 0.370. The van der Waals surface area contributed by atoms with E-state index in [1.807, 2.05) is 62.4 Å². The number of anilines is 2. The zero-order chi connectivity index (χ0) is 25.6. The lowest BCUT2D eigenvalue weighted by Crippen LogP contribution is -2.41. The van der Waals surface area contributed by atoms with Gasteiger partial charge < -0.3 is 15.5 Å². The van der Waals surface area contributed by atoms with Crippen LogP contribution in [0.3, 0.4) is 0 Å². The number of rotatable bonds is 8. The van der Waals surface area contributed by atoms with Crippen molar-refractivity contribution in [2.24, 2.45) is 0 Å². The van der Waals surface area contributed by atoms with Crippen LogP contribution in [0.25, 0.3) is 5.69 Å². The molecule has 0 bridgehead atoms. The normalized spacial score (nSPS) is 11.3. The van der Waals surface area contributed by atoms with Gasteiger partial charge in [0, 0.05) is 23.7 Å². The average molecular weight is 496 g/mol. The van der Waals surface area contributed by atoms with Gasteiger partial charge in [0.1, 0.15) is 12.4 Å². The second-order valence-electron chi connectivity index (χ2n) is 9.44. The standard InChI is InChI=1S/C27H34ClN5O2/c1-6-16-32(26(35)29-21-14-10-8-12-19(21)7-2)18-25(34)30-24-17-23(27(3,4)5)31-33(24)22-15-11-9-13-20(22)28/h8-15,17H,6-7,16,18H2,1-5H3,(H,29,35)(H,30,34). The Bertz CT molecular complexity index is 1180. The lowest BCUT2D eigenvalue weighted by atomic mass is 9.92. The third-order valence-electron chi connectivity index (χ3n) is 5.58. The SMILES string of the molecule is CCCN(CC(=O)Nc1cc(C(C)(C)C)nn1-c1ccccc1Cl)C(=O)Nc1ccccc1CC. The molecule has 3 aromatic rings. The van der Waals surface area contributed by atoms with E-state index < -0.39 is 0 Å². The van der Waals surface area contributed by atoms with Gasteiger partial charge in [-0.15, -0.1) is 0 Å². The van der Waals surface area contributed by atoms with Crippen molar-refractivity contribution in [1.29, 1.82) is 0 Å². The predicted molar refractivity (Wildman–Crippen MR) is 143 cm³/mol. The topological polar surface area (TPSA) is 79.3 Å². The van der Waals surface area contributed by atoms with Crippen molar-refractivity contribution in [3.05, 3.63) is 70.9 Å². The van der Waals surface area contributed by atoms with Gasteiger partial charge in [-0.3, -0.25) is 4.79 Å². The number of benzene rings is 2. The van der Waals surface area contributed by atoms with Crippen LogP contribution < -0.4 is 10.6 Å². The van der Waals surface area contributed by atoms with Gasteiger partial charge in [-0.1, -0.05) is 76.6 Å². The molecule has 1 heterocycles. The molecule has 3 rings (SSSR count). The van der Waals surface area contributed by atoms with Crippen LogP contribution in [0, 0.1) is 0 Å². The minimum absolute atomic E-state index is 0.0908. The zero-order valence-electron chi connectivity index (χ0n) is 21.1. The molecule has 0 radical (unpaired) electrons. The van der Waals surface area contributed by atoms with E-state index >= 15 is 0 Å². The molecule has 0 spiro atoms. The average Bonchev–Trinajstić information content (AvgIpc) is 3.23. The summed E-state index contributed by atoms with van der Waals surface area (Å²) in [6, 6.07) is 16.6. The molecule has 3 amide bonds. The summed E-state index contributed by atoms with van der Waals surface area (Å²) in [7, 11) is 0. The monoisotopic (exact) mass is 495 g/mol. The first-order valence-corrected chi connectivity index (χ1v) is 12.3. The maximum atomic E-state index is 13.1. The smallest absolute Gasteiger partial charge is 0.315 e. The fourth-order valence-electron chi connectivity index (χ4n) is 3.67. The van der Waals surface area contributed by atoms with Crippen molar-refractivity contribution in [3.8, 4) is 5.69 Å². The van der Waals surface area contributed by atoms with Crippen LogP contribution in [0.5, 0.6) is 0 Å². The van der Waals surface area contributed by atoms with Gasteiger partial charge in [-0.25, -0.2) is 9.48 Å². The Morgan fingerprint density at radius 1 is 1.03 bits per heavy atom. The molecule has 8 heteroatoms. The Morgan fingerprint density at radius 2 is 1.71 bits per heavy atom. The molecule has 1 aromatic heterocycles. The largest absolute Gasteiger partial charge is 0.322 e. The molecule has 0 atom stereocenters. The van der Waals surface area contributed by atoms with Crippen LogP contribution in [0.1, 0.15) is 52.3 Å². The molecule has 186 valence electrons. The van der Waals surface area contributed by atoms with Crippen molar-refractivity contribution in [3.63, 3.8) is 0 Å². The summed E-state index contributed by atoms with van der Waals surface area (Å²) in [5.41, 5.74) is 3.05. The Hall–Kier alpha value is -3.32. The third-order valence-corrected chi connectivity index (χ3v) is 5.90. The molecule has 0 aliphatic carbocycles. The molecular weight excluding hydrogens is 462 g/mol. The van der Waals surface area contributed by atoms with Gasteiger partial charge in [-0.05, 0) is 36.6 Å². The lowest BCUT2D eigenvalue weighted by molar-refractivity contribution is -0.116. The molecule has 0 saturated heterocycles. The van der Waals surface area contributed by atoms with Crippen LogP contribution >= 0.6 is 11.6 Å². The van der Waals surface area contributed by atoms with Gasteiger partial charge in [0.15, 0.2) is 0 Å². The number of hydrogen-bond donors (Lipinski definition) is 2. The molecule has 0 unspecified atom stereocenters.